The molecule has 104 valence electrons. The molecule has 0 unspecified atom stereocenters. The van der Waals surface area contributed by atoms with Crippen LogP contribution in [0.2, 0.25) is 0 Å². The van der Waals surface area contributed by atoms with E-state index in [1.54, 1.807) is 18.2 Å². The monoisotopic (exact) mass is 274 g/mol. The first-order valence-corrected chi connectivity index (χ1v) is 6.04. The van der Waals surface area contributed by atoms with E-state index in [4.69, 9.17) is 16.2 Å². The van der Waals surface area contributed by atoms with Gasteiger partial charge in [-0.25, -0.2) is 4.39 Å². The molecule has 2 aromatic carbocycles. The smallest absolute Gasteiger partial charge is 0.248 e. The van der Waals surface area contributed by atoms with E-state index in [1.807, 2.05) is 6.92 Å². The molecule has 4 nitrogen and oxygen atoms in total. The molecule has 2 aromatic rings. The van der Waals surface area contributed by atoms with Crippen LogP contribution in [-0.4, -0.2) is 5.91 Å². The lowest BCUT2D eigenvalue weighted by atomic mass is 10.1. The van der Waals surface area contributed by atoms with Crippen LogP contribution in [0.1, 0.15) is 21.5 Å². The third kappa shape index (κ3) is 3.06. The van der Waals surface area contributed by atoms with Gasteiger partial charge in [-0.15, -0.1) is 0 Å². The summed E-state index contributed by atoms with van der Waals surface area (Å²) >= 11 is 0. The molecule has 20 heavy (non-hydrogen) atoms. The van der Waals surface area contributed by atoms with Crippen LogP contribution in [0, 0.1) is 12.7 Å². The number of hydrogen-bond donors (Lipinski definition) is 2. The lowest BCUT2D eigenvalue weighted by Crippen LogP contribution is -2.11. The number of benzene rings is 2. The van der Waals surface area contributed by atoms with Crippen LogP contribution in [-0.2, 0) is 6.61 Å². The van der Waals surface area contributed by atoms with Gasteiger partial charge in [-0.1, -0.05) is 6.07 Å². The normalized spacial score (nSPS) is 10.3. The van der Waals surface area contributed by atoms with Crippen LogP contribution >= 0.6 is 0 Å². The summed E-state index contributed by atoms with van der Waals surface area (Å²) in [4.78, 5) is 10.9. The number of halogens is 1. The van der Waals surface area contributed by atoms with E-state index in [1.165, 1.54) is 12.1 Å². The first-order chi connectivity index (χ1) is 9.47. The first kappa shape index (κ1) is 13.9. The highest BCUT2D eigenvalue weighted by atomic mass is 19.1. The van der Waals surface area contributed by atoms with Gasteiger partial charge in [-0.3, -0.25) is 4.79 Å². The zero-order chi connectivity index (χ0) is 14.7. The molecule has 0 aromatic heterocycles. The van der Waals surface area contributed by atoms with Gasteiger partial charge in [0.2, 0.25) is 5.91 Å². The van der Waals surface area contributed by atoms with Crippen molar-refractivity contribution in [3.63, 3.8) is 0 Å². The van der Waals surface area contributed by atoms with Crippen molar-refractivity contribution in [1.29, 1.82) is 0 Å². The second-order valence-corrected chi connectivity index (χ2v) is 4.48. The van der Waals surface area contributed by atoms with E-state index in [0.717, 1.165) is 11.6 Å². The van der Waals surface area contributed by atoms with E-state index in [-0.39, 0.29) is 12.2 Å². The molecule has 2 rings (SSSR count). The summed E-state index contributed by atoms with van der Waals surface area (Å²) in [6.45, 7) is 1.92. The fourth-order valence-electron chi connectivity index (χ4n) is 1.81. The van der Waals surface area contributed by atoms with E-state index < -0.39 is 11.7 Å². The van der Waals surface area contributed by atoms with Gasteiger partial charge in [0, 0.05) is 16.8 Å². The van der Waals surface area contributed by atoms with Crippen LogP contribution < -0.4 is 16.2 Å². The number of hydrogen-bond acceptors (Lipinski definition) is 3. The Balaban J connectivity index is 2.13. The molecule has 0 aliphatic rings. The van der Waals surface area contributed by atoms with Crippen LogP contribution in [0.5, 0.6) is 5.75 Å². The largest absolute Gasteiger partial charge is 0.489 e. The highest BCUT2D eigenvalue weighted by Gasteiger charge is 2.08. The summed E-state index contributed by atoms with van der Waals surface area (Å²) in [5.74, 6) is -0.544. The second-order valence-electron chi connectivity index (χ2n) is 4.48. The molecular formula is C15H15FN2O2. The van der Waals surface area contributed by atoms with Crippen molar-refractivity contribution in [2.75, 3.05) is 5.73 Å². The van der Waals surface area contributed by atoms with Crippen molar-refractivity contribution in [3.05, 3.63) is 58.9 Å². The van der Waals surface area contributed by atoms with Gasteiger partial charge in [-0.2, -0.15) is 0 Å². The molecule has 0 aliphatic heterocycles. The molecule has 0 saturated heterocycles. The molecule has 0 spiro atoms. The number of carbonyl (C=O) groups excluding carboxylic acids is 1. The van der Waals surface area contributed by atoms with Crippen molar-refractivity contribution in [3.8, 4) is 5.75 Å². The third-order valence-corrected chi connectivity index (χ3v) is 2.92. The molecule has 0 heterocycles. The molecule has 5 heteroatoms. The summed E-state index contributed by atoms with van der Waals surface area (Å²) < 4.78 is 19.3. The molecule has 0 fully saturated rings. The topological polar surface area (TPSA) is 78.3 Å². The summed E-state index contributed by atoms with van der Waals surface area (Å²) in [6, 6.07) is 9.30. The highest BCUT2D eigenvalue weighted by Crippen LogP contribution is 2.22. The van der Waals surface area contributed by atoms with E-state index in [0.29, 0.717) is 17.0 Å². The highest BCUT2D eigenvalue weighted by molar-refractivity contribution is 5.92. The van der Waals surface area contributed by atoms with Crippen LogP contribution in [0.4, 0.5) is 10.1 Å². The van der Waals surface area contributed by atoms with Gasteiger partial charge in [0.05, 0.1) is 0 Å². The predicted octanol–water partition coefficient (Wildman–Crippen LogP) is 2.39. The predicted molar refractivity (Wildman–Crippen MR) is 74.8 cm³/mol. The van der Waals surface area contributed by atoms with E-state index in [9.17, 15) is 9.18 Å². The van der Waals surface area contributed by atoms with Crippen LogP contribution in [0.3, 0.4) is 0 Å². The number of nitrogen functional groups attached to an aromatic ring is 1. The van der Waals surface area contributed by atoms with E-state index >= 15 is 0 Å². The Morgan fingerprint density at radius 1 is 1.25 bits per heavy atom. The molecule has 0 atom stereocenters. The zero-order valence-corrected chi connectivity index (χ0v) is 11.0. The average Bonchev–Trinajstić information content (AvgIpc) is 2.38. The van der Waals surface area contributed by atoms with Gasteiger partial charge in [0.25, 0.3) is 0 Å². The Labute approximate surface area is 116 Å². The Morgan fingerprint density at radius 3 is 2.60 bits per heavy atom. The second kappa shape index (κ2) is 5.61. The first-order valence-electron chi connectivity index (χ1n) is 6.04. The van der Waals surface area contributed by atoms with Gasteiger partial charge in [-0.05, 0) is 42.8 Å². The number of nitrogens with two attached hydrogens (primary N) is 2. The lowest BCUT2D eigenvalue weighted by Gasteiger charge is -2.10. The number of aryl methyl sites for hydroxylation is 1. The van der Waals surface area contributed by atoms with Crippen molar-refractivity contribution in [1.82, 2.24) is 0 Å². The minimum atomic E-state index is -0.661. The van der Waals surface area contributed by atoms with Gasteiger partial charge < -0.3 is 16.2 Å². The number of anilines is 1. The Kier molecular flexibility index (Phi) is 3.89. The molecule has 4 N–H and O–H groups in total. The number of ether oxygens (including phenoxy) is 1. The number of carbonyl (C=O) groups is 1. The SMILES string of the molecule is Cc1cc(N)ccc1OCc1ccc(C(N)=O)cc1F. The standard InChI is InChI=1S/C15H15FN2O2/c1-9-6-12(17)4-5-14(9)20-8-11-3-2-10(15(18)19)7-13(11)16/h2-7H,8,17H2,1H3,(H2,18,19). The van der Waals surface area contributed by atoms with Crippen molar-refractivity contribution in [2.24, 2.45) is 5.73 Å². The fourth-order valence-corrected chi connectivity index (χ4v) is 1.81. The minimum Gasteiger partial charge on any atom is -0.489 e. The molecule has 0 radical (unpaired) electrons. The van der Waals surface area contributed by atoms with Crippen LogP contribution in [0.15, 0.2) is 36.4 Å². The Bertz CT molecular complexity index is 656. The maximum absolute atomic E-state index is 13.8. The molecule has 0 bridgehead atoms. The van der Waals surface area contributed by atoms with Gasteiger partial charge in [0.1, 0.15) is 18.2 Å². The summed E-state index contributed by atoms with van der Waals surface area (Å²) in [5.41, 5.74) is 12.7. The summed E-state index contributed by atoms with van der Waals surface area (Å²) in [5, 5.41) is 0. The Morgan fingerprint density at radius 2 is 2.00 bits per heavy atom. The average molecular weight is 274 g/mol. The molecule has 0 saturated carbocycles. The van der Waals surface area contributed by atoms with Gasteiger partial charge >= 0.3 is 0 Å². The maximum Gasteiger partial charge on any atom is 0.248 e. The fraction of sp³-hybridized carbons (Fsp3) is 0.133. The van der Waals surface area contributed by atoms with Crippen molar-refractivity contribution in [2.45, 2.75) is 13.5 Å². The number of amides is 1. The van der Waals surface area contributed by atoms with Crippen LogP contribution in [0.25, 0.3) is 0 Å². The molecule has 1 amide bonds. The quantitative estimate of drug-likeness (QED) is 0.840. The zero-order valence-electron chi connectivity index (χ0n) is 11.0. The van der Waals surface area contributed by atoms with Crippen molar-refractivity contribution >= 4 is 11.6 Å². The van der Waals surface area contributed by atoms with Gasteiger partial charge in [0.15, 0.2) is 0 Å². The van der Waals surface area contributed by atoms with Crippen molar-refractivity contribution < 1.29 is 13.9 Å². The summed E-state index contributed by atoms with van der Waals surface area (Å²) in [6.07, 6.45) is 0. The minimum absolute atomic E-state index is 0.0651. The molecular weight excluding hydrogens is 259 g/mol. The van der Waals surface area contributed by atoms with E-state index in [2.05, 4.69) is 0 Å². The molecule has 0 aliphatic carbocycles. The Hall–Kier alpha value is -2.56. The summed E-state index contributed by atoms with van der Waals surface area (Å²) in [7, 11) is 0. The third-order valence-electron chi connectivity index (χ3n) is 2.92. The number of rotatable bonds is 4. The maximum atomic E-state index is 13.8. The number of primary amides is 1. The lowest BCUT2D eigenvalue weighted by molar-refractivity contribution is 0.0999.